The van der Waals surface area contributed by atoms with Crippen molar-refractivity contribution in [2.24, 2.45) is 0 Å². The SMILES string of the molecule is COc1ccc(C#N)cc1NC(=O)Nc1ccc([C@@H]2CNCCO2)cc1Br. The molecule has 2 amide bonds. The van der Waals surface area contributed by atoms with Gasteiger partial charge in [-0.3, -0.25) is 0 Å². The van der Waals surface area contributed by atoms with Crippen LogP contribution in [0.1, 0.15) is 17.2 Å². The second-order valence-corrected chi connectivity index (χ2v) is 6.76. The van der Waals surface area contributed by atoms with Gasteiger partial charge in [-0.05, 0) is 51.8 Å². The van der Waals surface area contributed by atoms with Gasteiger partial charge >= 0.3 is 6.03 Å². The fourth-order valence-corrected chi connectivity index (χ4v) is 3.26. The number of anilines is 2. The first-order valence-corrected chi connectivity index (χ1v) is 9.18. The first-order valence-electron chi connectivity index (χ1n) is 8.38. The van der Waals surface area contributed by atoms with E-state index in [1.165, 1.54) is 7.11 Å². The highest BCUT2D eigenvalue weighted by molar-refractivity contribution is 9.10. The second-order valence-electron chi connectivity index (χ2n) is 5.91. The van der Waals surface area contributed by atoms with Gasteiger partial charge in [-0.25, -0.2) is 4.79 Å². The molecule has 2 aromatic rings. The predicted octanol–water partition coefficient (Wildman–Crippen LogP) is 3.63. The number of methoxy groups -OCH3 is 1. The number of halogens is 1. The zero-order chi connectivity index (χ0) is 19.2. The van der Waals surface area contributed by atoms with Crippen LogP contribution in [0.25, 0.3) is 0 Å². The number of ether oxygens (including phenoxy) is 2. The van der Waals surface area contributed by atoms with Gasteiger partial charge in [-0.15, -0.1) is 0 Å². The van der Waals surface area contributed by atoms with Crippen LogP contribution >= 0.6 is 15.9 Å². The fraction of sp³-hybridized carbons (Fsp3) is 0.263. The zero-order valence-corrected chi connectivity index (χ0v) is 16.3. The highest BCUT2D eigenvalue weighted by Gasteiger charge is 2.17. The summed E-state index contributed by atoms with van der Waals surface area (Å²) < 4.78 is 11.7. The highest BCUT2D eigenvalue weighted by atomic mass is 79.9. The van der Waals surface area contributed by atoms with E-state index in [4.69, 9.17) is 14.7 Å². The van der Waals surface area contributed by atoms with E-state index in [-0.39, 0.29) is 6.10 Å². The summed E-state index contributed by atoms with van der Waals surface area (Å²) in [6, 6.07) is 12.1. The molecule has 1 saturated heterocycles. The number of hydrogen-bond acceptors (Lipinski definition) is 5. The van der Waals surface area contributed by atoms with E-state index in [9.17, 15) is 4.79 Å². The molecule has 27 heavy (non-hydrogen) atoms. The van der Waals surface area contributed by atoms with Gasteiger partial charge < -0.3 is 25.4 Å². The lowest BCUT2D eigenvalue weighted by Gasteiger charge is -2.24. The monoisotopic (exact) mass is 430 g/mol. The molecule has 0 bridgehead atoms. The van der Waals surface area contributed by atoms with Crippen LogP contribution < -0.4 is 20.7 Å². The molecule has 0 radical (unpaired) electrons. The quantitative estimate of drug-likeness (QED) is 0.687. The number of carbonyl (C=O) groups is 1. The van der Waals surface area contributed by atoms with Gasteiger partial charge in [0.15, 0.2) is 0 Å². The minimum absolute atomic E-state index is 0.00379. The Morgan fingerprint density at radius 3 is 2.78 bits per heavy atom. The highest BCUT2D eigenvalue weighted by Crippen LogP contribution is 2.29. The average molecular weight is 431 g/mol. The van der Waals surface area contributed by atoms with E-state index in [1.54, 1.807) is 18.2 Å². The molecule has 2 aromatic carbocycles. The summed E-state index contributed by atoms with van der Waals surface area (Å²) in [6.45, 7) is 2.29. The molecule has 8 heteroatoms. The van der Waals surface area contributed by atoms with Crippen molar-refractivity contribution in [3.8, 4) is 11.8 Å². The molecule has 0 saturated carbocycles. The molecule has 1 heterocycles. The number of amides is 2. The molecule has 3 N–H and O–H groups in total. The van der Waals surface area contributed by atoms with Crippen LogP contribution in [0.4, 0.5) is 16.2 Å². The number of nitriles is 1. The number of urea groups is 1. The Kier molecular flexibility index (Phi) is 6.29. The number of nitrogens with zero attached hydrogens (tertiary/aromatic N) is 1. The second kappa shape index (κ2) is 8.86. The molecule has 1 atom stereocenters. The minimum atomic E-state index is -0.438. The summed E-state index contributed by atoms with van der Waals surface area (Å²) in [5.41, 5.74) is 2.50. The molecule has 3 rings (SSSR count). The smallest absolute Gasteiger partial charge is 0.323 e. The fourth-order valence-electron chi connectivity index (χ4n) is 2.76. The number of morpholine rings is 1. The molecule has 0 aromatic heterocycles. The standard InChI is InChI=1S/C19H19BrN4O3/c1-26-17-5-2-12(10-21)8-16(17)24-19(25)23-15-4-3-13(9-14(15)20)18-11-22-6-7-27-18/h2-5,8-9,18,22H,6-7,11H2,1H3,(H2,23,24,25)/t18-/m0/s1. The van der Waals surface area contributed by atoms with E-state index in [1.807, 2.05) is 24.3 Å². The molecule has 140 valence electrons. The number of nitrogens with one attached hydrogen (secondary N) is 3. The van der Waals surface area contributed by atoms with Crippen molar-refractivity contribution in [1.29, 1.82) is 5.26 Å². The summed E-state index contributed by atoms with van der Waals surface area (Å²) in [7, 11) is 1.50. The lowest BCUT2D eigenvalue weighted by Crippen LogP contribution is -2.33. The number of carbonyl (C=O) groups excluding carboxylic acids is 1. The van der Waals surface area contributed by atoms with Crippen LogP contribution in [0.2, 0.25) is 0 Å². The Morgan fingerprint density at radius 2 is 2.11 bits per heavy atom. The molecule has 1 aliphatic rings. The Labute approximate surface area is 165 Å². The van der Waals surface area contributed by atoms with Gasteiger partial charge in [0.25, 0.3) is 0 Å². The molecule has 1 aliphatic heterocycles. The maximum absolute atomic E-state index is 12.4. The van der Waals surface area contributed by atoms with Crippen molar-refractivity contribution in [3.63, 3.8) is 0 Å². The van der Waals surface area contributed by atoms with Crippen molar-refractivity contribution in [2.75, 3.05) is 37.4 Å². The van der Waals surface area contributed by atoms with Gasteiger partial charge in [0.05, 0.1) is 42.8 Å². The molecular formula is C19H19BrN4O3. The maximum atomic E-state index is 12.4. The Balaban J connectivity index is 1.70. The van der Waals surface area contributed by atoms with Crippen molar-refractivity contribution in [1.82, 2.24) is 5.32 Å². The van der Waals surface area contributed by atoms with Crippen LogP contribution in [-0.4, -0.2) is 32.8 Å². The minimum Gasteiger partial charge on any atom is -0.495 e. The Bertz CT molecular complexity index is 876. The number of rotatable bonds is 4. The van der Waals surface area contributed by atoms with Gasteiger partial charge in [-0.1, -0.05) is 6.07 Å². The summed E-state index contributed by atoms with van der Waals surface area (Å²) in [5, 5.41) is 17.8. The van der Waals surface area contributed by atoms with Crippen LogP contribution in [-0.2, 0) is 4.74 Å². The van der Waals surface area contributed by atoms with Gasteiger partial charge in [-0.2, -0.15) is 5.26 Å². The third-order valence-electron chi connectivity index (χ3n) is 4.12. The zero-order valence-electron chi connectivity index (χ0n) is 14.7. The van der Waals surface area contributed by atoms with Crippen LogP contribution in [0, 0.1) is 11.3 Å². The predicted molar refractivity (Wildman–Crippen MR) is 106 cm³/mol. The van der Waals surface area contributed by atoms with Gasteiger partial charge in [0, 0.05) is 17.6 Å². The maximum Gasteiger partial charge on any atom is 0.323 e. The normalized spacial score (nSPS) is 16.3. The third-order valence-corrected chi connectivity index (χ3v) is 4.77. The van der Waals surface area contributed by atoms with Gasteiger partial charge in [0.1, 0.15) is 5.75 Å². The van der Waals surface area contributed by atoms with Crippen LogP contribution in [0.5, 0.6) is 5.75 Å². The third kappa shape index (κ3) is 4.77. The van der Waals surface area contributed by atoms with E-state index in [0.717, 1.165) is 23.1 Å². The first kappa shape index (κ1) is 19.2. The molecule has 0 unspecified atom stereocenters. The van der Waals surface area contributed by atoms with Crippen LogP contribution in [0.15, 0.2) is 40.9 Å². The molecule has 7 nitrogen and oxygen atoms in total. The molecule has 0 spiro atoms. The van der Waals surface area contributed by atoms with Crippen molar-refractivity contribution < 1.29 is 14.3 Å². The van der Waals surface area contributed by atoms with E-state index in [0.29, 0.717) is 29.3 Å². The Hall–Kier alpha value is -2.60. The van der Waals surface area contributed by atoms with E-state index >= 15 is 0 Å². The van der Waals surface area contributed by atoms with Crippen molar-refractivity contribution >= 4 is 33.3 Å². The number of benzene rings is 2. The molecular weight excluding hydrogens is 412 g/mol. The first-order chi connectivity index (χ1) is 13.1. The van der Waals surface area contributed by atoms with Gasteiger partial charge in [0.2, 0.25) is 0 Å². The summed E-state index contributed by atoms with van der Waals surface area (Å²) in [6.07, 6.45) is -0.00379. The lowest BCUT2D eigenvalue weighted by atomic mass is 10.1. The van der Waals surface area contributed by atoms with Crippen molar-refractivity contribution in [3.05, 3.63) is 52.0 Å². The summed E-state index contributed by atoms with van der Waals surface area (Å²) >= 11 is 3.49. The molecule has 0 aliphatic carbocycles. The van der Waals surface area contributed by atoms with Crippen LogP contribution in [0.3, 0.4) is 0 Å². The average Bonchev–Trinajstić information content (AvgIpc) is 2.70. The Morgan fingerprint density at radius 1 is 1.30 bits per heavy atom. The summed E-state index contributed by atoms with van der Waals surface area (Å²) in [5.74, 6) is 0.473. The van der Waals surface area contributed by atoms with E-state index in [2.05, 4.69) is 31.9 Å². The largest absolute Gasteiger partial charge is 0.495 e. The summed E-state index contributed by atoms with van der Waals surface area (Å²) in [4.78, 5) is 12.4. The lowest BCUT2D eigenvalue weighted by molar-refractivity contribution is 0.0277. The topological polar surface area (TPSA) is 95.4 Å². The van der Waals surface area contributed by atoms with E-state index < -0.39 is 6.03 Å². The number of hydrogen-bond donors (Lipinski definition) is 3. The molecule has 1 fully saturated rings. The van der Waals surface area contributed by atoms with Crippen molar-refractivity contribution in [2.45, 2.75) is 6.10 Å².